The Kier molecular flexibility index (Phi) is 2.92. The van der Waals surface area contributed by atoms with Crippen LogP contribution >= 0.6 is 0 Å². The van der Waals surface area contributed by atoms with Gasteiger partial charge in [0.25, 0.3) is 0 Å². The number of oxime groups is 1. The maximum Gasteiger partial charge on any atom is 0.416 e. The molecule has 1 heterocycles. The molecule has 0 unspecified atom stereocenters. The van der Waals surface area contributed by atoms with Gasteiger partial charge in [0.1, 0.15) is 0 Å². The van der Waals surface area contributed by atoms with Gasteiger partial charge >= 0.3 is 6.18 Å². The Labute approximate surface area is 96.4 Å². The molecular weight excluding hydrogens is 231 g/mol. The van der Waals surface area contributed by atoms with Crippen molar-refractivity contribution in [3.8, 4) is 0 Å². The summed E-state index contributed by atoms with van der Waals surface area (Å²) in [6.07, 6.45) is -2.57. The van der Waals surface area contributed by atoms with Gasteiger partial charge in [0, 0.05) is 12.0 Å². The average molecular weight is 241 g/mol. The lowest BCUT2D eigenvalue weighted by molar-refractivity contribution is -0.137. The van der Waals surface area contributed by atoms with Crippen LogP contribution in [0.5, 0.6) is 0 Å². The summed E-state index contributed by atoms with van der Waals surface area (Å²) in [5.41, 5.74) is 0.268. The van der Waals surface area contributed by atoms with Gasteiger partial charge in [-0.1, -0.05) is 23.9 Å². The van der Waals surface area contributed by atoms with E-state index in [4.69, 9.17) is 4.84 Å². The topological polar surface area (TPSA) is 21.6 Å². The fourth-order valence-electron chi connectivity index (χ4n) is 1.57. The molecule has 0 saturated carbocycles. The van der Waals surface area contributed by atoms with Crippen LogP contribution in [0.2, 0.25) is 0 Å². The Morgan fingerprint density at radius 3 is 2.76 bits per heavy atom. The zero-order valence-electron chi connectivity index (χ0n) is 8.87. The van der Waals surface area contributed by atoms with Gasteiger partial charge in [0.05, 0.1) is 11.3 Å². The highest BCUT2D eigenvalue weighted by Crippen LogP contribution is 2.30. The van der Waals surface area contributed by atoms with Crippen LogP contribution < -0.4 is 0 Å². The zero-order chi connectivity index (χ0) is 12.5. The predicted molar refractivity (Wildman–Crippen MR) is 57.7 cm³/mol. The highest BCUT2D eigenvalue weighted by atomic mass is 19.4. The van der Waals surface area contributed by atoms with Crippen molar-refractivity contribution >= 4 is 5.71 Å². The maximum atomic E-state index is 12.5. The van der Waals surface area contributed by atoms with Crippen LogP contribution in [-0.2, 0) is 11.0 Å². The van der Waals surface area contributed by atoms with Crippen LogP contribution in [0.1, 0.15) is 17.5 Å². The summed E-state index contributed by atoms with van der Waals surface area (Å²) in [6, 6.07) is 5.06. The van der Waals surface area contributed by atoms with Crippen molar-refractivity contribution in [2.75, 3.05) is 0 Å². The van der Waals surface area contributed by atoms with Gasteiger partial charge in [-0.3, -0.25) is 0 Å². The second-order valence-corrected chi connectivity index (χ2v) is 3.70. The third kappa shape index (κ3) is 2.49. The Hall–Kier alpha value is -1.78. The van der Waals surface area contributed by atoms with E-state index in [1.54, 1.807) is 12.1 Å². The zero-order valence-corrected chi connectivity index (χ0v) is 8.87. The molecule has 0 radical (unpaired) electrons. The van der Waals surface area contributed by atoms with Crippen molar-refractivity contribution in [1.29, 1.82) is 0 Å². The molecule has 0 fully saturated rings. The van der Waals surface area contributed by atoms with Crippen molar-refractivity contribution in [3.05, 3.63) is 48.0 Å². The molecular formula is C12H10F3NO. The summed E-state index contributed by atoms with van der Waals surface area (Å²) in [6.45, 7) is 3.55. The number of benzene rings is 1. The quantitative estimate of drug-likeness (QED) is 0.727. The van der Waals surface area contributed by atoms with Crippen molar-refractivity contribution in [2.24, 2.45) is 5.16 Å². The molecule has 5 heteroatoms. The van der Waals surface area contributed by atoms with Crippen molar-refractivity contribution in [3.63, 3.8) is 0 Å². The molecule has 0 aromatic heterocycles. The Morgan fingerprint density at radius 1 is 1.41 bits per heavy atom. The molecule has 0 N–H and O–H groups in total. The predicted octanol–water partition coefficient (Wildman–Crippen LogP) is 3.38. The largest absolute Gasteiger partial charge is 0.416 e. The summed E-state index contributed by atoms with van der Waals surface area (Å²) in [5.74, 6) is 0. The van der Waals surface area contributed by atoms with Crippen LogP contribution in [0.15, 0.2) is 42.1 Å². The monoisotopic (exact) mass is 241 g/mol. The fourth-order valence-corrected chi connectivity index (χ4v) is 1.57. The number of hydrogen-bond donors (Lipinski definition) is 0. The third-order valence-electron chi connectivity index (χ3n) is 2.48. The standard InChI is InChI=1S/C12H10F3NO/c1-2-10-7-11(16-17-10)8-4-3-5-9(6-8)12(13,14)15/h2-6,10H,1,7H2/t10-/m0/s1. The van der Waals surface area contributed by atoms with Gasteiger partial charge in [0.15, 0.2) is 6.10 Å². The van der Waals surface area contributed by atoms with E-state index < -0.39 is 11.7 Å². The minimum Gasteiger partial charge on any atom is -0.388 e. The highest BCUT2D eigenvalue weighted by molar-refractivity contribution is 6.01. The van der Waals surface area contributed by atoms with E-state index in [9.17, 15) is 13.2 Å². The molecule has 0 bridgehead atoms. The molecule has 2 rings (SSSR count). The van der Waals surface area contributed by atoms with Crippen LogP contribution in [0.3, 0.4) is 0 Å². The lowest BCUT2D eigenvalue weighted by Gasteiger charge is -2.07. The second-order valence-electron chi connectivity index (χ2n) is 3.70. The van der Waals surface area contributed by atoms with Crippen molar-refractivity contribution < 1.29 is 18.0 Å². The molecule has 1 atom stereocenters. The van der Waals surface area contributed by atoms with Crippen LogP contribution in [0.25, 0.3) is 0 Å². The molecule has 1 aliphatic rings. The first kappa shape index (κ1) is 11.7. The smallest absolute Gasteiger partial charge is 0.388 e. The van der Waals surface area contributed by atoms with E-state index in [1.807, 2.05) is 0 Å². The van der Waals surface area contributed by atoms with Gasteiger partial charge in [-0.25, -0.2) is 0 Å². The SMILES string of the molecule is C=C[C@H]1CC(c2cccc(C(F)(F)F)c2)=NO1. The lowest BCUT2D eigenvalue weighted by Crippen LogP contribution is -2.08. The van der Waals surface area contributed by atoms with E-state index in [1.165, 1.54) is 6.07 Å². The third-order valence-corrected chi connectivity index (χ3v) is 2.48. The van der Waals surface area contributed by atoms with Crippen LogP contribution in [0, 0.1) is 0 Å². The van der Waals surface area contributed by atoms with Crippen LogP contribution in [0.4, 0.5) is 13.2 Å². The minimum absolute atomic E-state index is 0.250. The molecule has 0 saturated heterocycles. The lowest BCUT2D eigenvalue weighted by atomic mass is 10.0. The highest BCUT2D eigenvalue weighted by Gasteiger charge is 2.31. The molecule has 1 aromatic carbocycles. The van der Waals surface area contributed by atoms with Gasteiger partial charge in [-0.2, -0.15) is 13.2 Å². The van der Waals surface area contributed by atoms with E-state index >= 15 is 0 Å². The van der Waals surface area contributed by atoms with Gasteiger partial charge in [-0.15, -0.1) is 0 Å². The first-order chi connectivity index (χ1) is 8.00. The molecule has 0 aliphatic carbocycles. The molecule has 0 spiro atoms. The summed E-state index contributed by atoms with van der Waals surface area (Å²) in [4.78, 5) is 4.98. The van der Waals surface area contributed by atoms with Crippen molar-refractivity contribution in [2.45, 2.75) is 18.7 Å². The van der Waals surface area contributed by atoms with Gasteiger partial charge in [0.2, 0.25) is 0 Å². The summed E-state index contributed by atoms with van der Waals surface area (Å²) < 4.78 is 37.5. The van der Waals surface area contributed by atoms with Crippen LogP contribution in [-0.4, -0.2) is 11.8 Å². The first-order valence-electron chi connectivity index (χ1n) is 5.03. The number of rotatable bonds is 2. The molecule has 2 nitrogen and oxygen atoms in total. The number of hydrogen-bond acceptors (Lipinski definition) is 2. The van der Waals surface area contributed by atoms with Crippen molar-refractivity contribution in [1.82, 2.24) is 0 Å². The van der Waals surface area contributed by atoms with E-state index in [2.05, 4.69) is 11.7 Å². The Bertz CT molecular complexity index is 465. The molecule has 0 amide bonds. The molecule has 90 valence electrons. The first-order valence-corrected chi connectivity index (χ1v) is 5.03. The Morgan fingerprint density at radius 2 is 2.18 bits per heavy atom. The number of halogens is 3. The molecule has 1 aliphatic heterocycles. The van der Waals surface area contributed by atoms with Gasteiger partial charge in [-0.05, 0) is 18.2 Å². The normalized spacial score (nSPS) is 19.7. The average Bonchev–Trinajstić information content (AvgIpc) is 2.76. The number of alkyl halides is 3. The van der Waals surface area contributed by atoms with E-state index in [0.717, 1.165) is 12.1 Å². The van der Waals surface area contributed by atoms with Gasteiger partial charge < -0.3 is 4.84 Å². The fraction of sp³-hybridized carbons (Fsp3) is 0.250. The van der Waals surface area contributed by atoms with E-state index in [-0.39, 0.29) is 6.10 Å². The summed E-state index contributed by atoms with van der Waals surface area (Å²) >= 11 is 0. The number of nitrogens with zero attached hydrogens (tertiary/aromatic N) is 1. The molecule has 1 aromatic rings. The molecule has 17 heavy (non-hydrogen) atoms. The Balaban J connectivity index is 2.26. The summed E-state index contributed by atoms with van der Waals surface area (Å²) in [5, 5.41) is 3.76. The van der Waals surface area contributed by atoms with E-state index in [0.29, 0.717) is 17.7 Å². The summed E-state index contributed by atoms with van der Waals surface area (Å²) in [7, 11) is 0. The maximum absolute atomic E-state index is 12.5. The minimum atomic E-state index is -4.34. The second kappa shape index (κ2) is 4.24.